The Labute approximate surface area is 164 Å². The Bertz CT molecular complexity index is 1160. The minimum Gasteiger partial charge on any atom is -0.368 e. The normalized spacial score (nSPS) is 12.3. The maximum absolute atomic E-state index is 12.3. The predicted octanol–water partition coefficient (Wildman–Crippen LogP) is 3.16. The van der Waals surface area contributed by atoms with Crippen molar-refractivity contribution in [3.05, 3.63) is 58.4 Å². The van der Waals surface area contributed by atoms with E-state index in [9.17, 15) is 13.2 Å². The number of benzene rings is 2. The smallest absolute Gasteiger partial charge is 0.290 e. The van der Waals surface area contributed by atoms with E-state index < -0.39 is 22.0 Å². The molecule has 140 valence electrons. The van der Waals surface area contributed by atoms with Crippen LogP contribution in [0.1, 0.15) is 9.67 Å². The third kappa shape index (κ3) is 4.83. The molecular formula is C17H14ClN3O4S2. The Hall–Kier alpha value is -2.46. The van der Waals surface area contributed by atoms with Crippen LogP contribution in [0.15, 0.2) is 53.5 Å². The number of hydrogen-bond donors (Lipinski definition) is 2. The van der Waals surface area contributed by atoms with Crippen molar-refractivity contribution < 1.29 is 17.5 Å². The van der Waals surface area contributed by atoms with Crippen LogP contribution in [0.3, 0.4) is 0 Å². The fourth-order valence-corrected chi connectivity index (χ4v) is 3.78. The van der Waals surface area contributed by atoms with Gasteiger partial charge in [0, 0.05) is 15.1 Å². The third-order valence-electron chi connectivity index (χ3n) is 3.43. The standard InChI is InChI=1S/C17H14ClN3O4S2/c1-27(23,24)25-21-17(19)20-16(22)15-9-13-12(6-3-7-14(13)26-15)10-4-2-5-11(18)8-10/h2-9H,1H3,(H3,19,20,21,22). The maximum Gasteiger partial charge on any atom is 0.290 e. The van der Waals surface area contributed by atoms with Gasteiger partial charge in [0.25, 0.3) is 16.0 Å². The van der Waals surface area contributed by atoms with Gasteiger partial charge in [0.1, 0.15) is 0 Å². The molecule has 3 N–H and O–H groups in total. The van der Waals surface area contributed by atoms with Gasteiger partial charge in [-0.3, -0.25) is 4.79 Å². The molecule has 0 spiro atoms. The van der Waals surface area contributed by atoms with Crippen LogP contribution < -0.4 is 11.2 Å². The SMILES string of the molecule is CS(=O)(=O)ONC(N)=NC(=O)c1cc2c(-c3cccc(Cl)c3)cccc2s1. The van der Waals surface area contributed by atoms with Gasteiger partial charge < -0.3 is 5.73 Å². The van der Waals surface area contributed by atoms with E-state index in [1.54, 1.807) is 12.1 Å². The van der Waals surface area contributed by atoms with E-state index in [2.05, 4.69) is 9.28 Å². The number of nitrogens with two attached hydrogens (primary N) is 1. The van der Waals surface area contributed by atoms with Crippen molar-refractivity contribution in [2.75, 3.05) is 6.26 Å². The fraction of sp³-hybridized carbons (Fsp3) is 0.0588. The molecule has 0 fully saturated rings. The van der Waals surface area contributed by atoms with E-state index in [1.165, 1.54) is 11.3 Å². The Morgan fingerprint density at radius 2 is 1.96 bits per heavy atom. The molecule has 0 aliphatic heterocycles. The van der Waals surface area contributed by atoms with Crippen molar-refractivity contribution in [3.63, 3.8) is 0 Å². The van der Waals surface area contributed by atoms with Gasteiger partial charge >= 0.3 is 0 Å². The first kappa shape index (κ1) is 19.3. The summed E-state index contributed by atoms with van der Waals surface area (Å²) in [7, 11) is -3.77. The Kier molecular flexibility index (Phi) is 5.47. The lowest BCUT2D eigenvalue weighted by Crippen LogP contribution is -2.34. The number of amides is 1. The second-order valence-corrected chi connectivity index (χ2v) is 8.63. The highest BCUT2D eigenvalue weighted by atomic mass is 35.5. The molecule has 0 atom stereocenters. The van der Waals surface area contributed by atoms with Crippen LogP contribution in [0, 0.1) is 0 Å². The first-order valence-corrected chi connectivity index (χ1v) is 10.6. The maximum atomic E-state index is 12.3. The van der Waals surface area contributed by atoms with Crippen LogP contribution in [-0.4, -0.2) is 26.5 Å². The lowest BCUT2D eigenvalue weighted by atomic mass is 10.0. The second kappa shape index (κ2) is 7.65. The summed E-state index contributed by atoms with van der Waals surface area (Å²) >= 11 is 7.33. The summed E-state index contributed by atoms with van der Waals surface area (Å²) in [5.74, 6) is -1.08. The van der Waals surface area contributed by atoms with Gasteiger partial charge in [-0.1, -0.05) is 35.9 Å². The molecule has 1 heterocycles. The molecule has 7 nitrogen and oxygen atoms in total. The first-order valence-electron chi connectivity index (χ1n) is 7.54. The summed E-state index contributed by atoms with van der Waals surface area (Å²) < 4.78 is 27.0. The molecule has 1 amide bonds. The molecule has 0 unspecified atom stereocenters. The summed E-state index contributed by atoms with van der Waals surface area (Å²) in [6, 6.07) is 14.9. The number of fused-ring (bicyclic) bond motifs is 1. The van der Waals surface area contributed by atoms with Crippen molar-refractivity contribution >= 4 is 55.0 Å². The molecule has 10 heteroatoms. The lowest BCUT2D eigenvalue weighted by molar-refractivity contribution is 0.100. The van der Waals surface area contributed by atoms with E-state index in [4.69, 9.17) is 17.3 Å². The topological polar surface area (TPSA) is 111 Å². The summed E-state index contributed by atoms with van der Waals surface area (Å²) in [6.07, 6.45) is 0.832. The highest BCUT2D eigenvalue weighted by Crippen LogP contribution is 2.35. The van der Waals surface area contributed by atoms with E-state index in [0.29, 0.717) is 9.90 Å². The number of halogens is 1. The van der Waals surface area contributed by atoms with E-state index in [1.807, 2.05) is 41.9 Å². The van der Waals surface area contributed by atoms with Crippen molar-refractivity contribution in [2.45, 2.75) is 0 Å². The Morgan fingerprint density at radius 1 is 1.22 bits per heavy atom. The van der Waals surface area contributed by atoms with Gasteiger partial charge in [0.05, 0.1) is 11.1 Å². The van der Waals surface area contributed by atoms with Crippen LogP contribution in [0.5, 0.6) is 0 Å². The molecule has 0 aliphatic rings. The highest BCUT2D eigenvalue weighted by Gasteiger charge is 2.14. The predicted molar refractivity (Wildman–Crippen MR) is 107 cm³/mol. The zero-order valence-corrected chi connectivity index (χ0v) is 16.4. The Morgan fingerprint density at radius 3 is 2.67 bits per heavy atom. The van der Waals surface area contributed by atoms with Crippen molar-refractivity contribution in [2.24, 2.45) is 10.7 Å². The lowest BCUT2D eigenvalue weighted by Gasteiger charge is -2.04. The zero-order chi connectivity index (χ0) is 19.6. The van der Waals surface area contributed by atoms with Crippen LogP contribution in [0.2, 0.25) is 5.02 Å². The van der Waals surface area contributed by atoms with E-state index in [-0.39, 0.29) is 0 Å². The van der Waals surface area contributed by atoms with Gasteiger partial charge in [-0.2, -0.15) is 13.4 Å². The average molecular weight is 424 g/mol. The molecule has 0 radical (unpaired) electrons. The number of aliphatic imine (C=N–C) groups is 1. The van der Waals surface area contributed by atoms with Crippen LogP contribution in [0.4, 0.5) is 0 Å². The number of nitrogens with zero attached hydrogens (tertiary/aromatic N) is 1. The third-order valence-corrected chi connectivity index (χ3v) is 5.14. The number of nitrogens with one attached hydrogen (secondary N) is 1. The first-order chi connectivity index (χ1) is 12.7. The molecule has 0 saturated heterocycles. The number of guanidine groups is 1. The minimum absolute atomic E-state index is 0.351. The summed E-state index contributed by atoms with van der Waals surface area (Å²) in [5, 5.41) is 1.49. The van der Waals surface area contributed by atoms with Gasteiger partial charge in [-0.05, 0) is 35.4 Å². The summed E-state index contributed by atoms with van der Waals surface area (Å²) in [5.41, 5.74) is 9.24. The van der Waals surface area contributed by atoms with Gasteiger partial charge in [-0.15, -0.1) is 15.6 Å². The van der Waals surface area contributed by atoms with Crippen molar-refractivity contribution in [1.29, 1.82) is 0 Å². The zero-order valence-electron chi connectivity index (χ0n) is 14.0. The average Bonchev–Trinajstić information content (AvgIpc) is 3.03. The quantitative estimate of drug-likeness (QED) is 0.379. The number of carbonyl (C=O) groups excluding carboxylic acids is 1. The van der Waals surface area contributed by atoms with Crippen molar-refractivity contribution in [3.8, 4) is 11.1 Å². The minimum atomic E-state index is -3.77. The molecule has 3 rings (SSSR count). The number of thiophene rings is 1. The summed E-state index contributed by atoms with van der Waals surface area (Å²) in [4.78, 5) is 16.3. The molecule has 2 aromatic carbocycles. The molecule has 3 aromatic rings. The number of carbonyl (C=O) groups is 1. The molecule has 0 saturated carbocycles. The monoisotopic (exact) mass is 423 g/mol. The van der Waals surface area contributed by atoms with E-state index >= 15 is 0 Å². The molecule has 0 aliphatic carbocycles. The molecule has 0 bridgehead atoms. The largest absolute Gasteiger partial charge is 0.368 e. The van der Waals surface area contributed by atoms with Crippen molar-refractivity contribution in [1.82, 2.24) is 5.48 Å². The Balaban J connectivity index is 1.93. The second-order valence-electron chi connectivity index (χ2n) is 5.53. The van der Waals surface area contributed by atoms with Crippen LogP contribution in [0.25, 0.3) is 21.2 Å². The number of hydrogen-bond acceptors (Lipinski definition) is 5. The summed E-state index contributed by atoms with van der Waals surface area (Å²) in [6.45, 7) is 0. The fourth-order valence-electron chi connectivity index (χ4n) is 2.38. The van der Waals surface area contributed by atoms with Gasteiger partial charge in [0.15, 0.2) is 0 Å². The van der Waals surface area contributed by atoms with Gasteiger partial charge in [0.2, 0.25) is 5.96 Å². The molecule has 1 aromatic heterocycles. The van der Waals surface area contributed by atoms with Crippen LogP contribution in [-0.2, 0) is 14.4 Å². The van der Waals surface area contributed by atoms with Crippen LogP contribution >= 0.6 is 22.9 Å². The highest BCUT2D eigenvalue weighted by molar-refractivity contribution is 7.85. The van der Waals surface area contributed by atoms with E-state index in [0.717, 1.165) is 27.5 Å². The molecule has 27 heavy (non-hydrogen) atoms. The van der Waals surface area contributed by atoms with Gasteiger partial charge in [-0.25, -0.2) is 5.48 Å². The molecular weight excluding hydrogens is 410 g/mol. The number of hydroxylamine groups is 1. The number of rotatable bonds is 4.